The van der Waals surface area contributed by atoms with E-state index in [1.165, 1.54) is 0 Å². The number of hydrogen-bond acceptors (Lipinski definition) is 2. The smallest absolute Gasteiger partial charge is 0.237 e. The Labute approximate surface area is 127 Å². The molecule has 0 saturated heterocycles. The predicted octanol–water partition coefficient (Wildman–Crippen LogP) is 2.76. The topological polar surface area (TPSA) is 49.4 Å². The lowest BCUT2D eigenvalue weighted by Crippen LogP contribution is -2.49. The van der Waals surface area contributed by atoms with Gasteiger partial charge in [0, 0.05) is 13.1 Å². The van der Waals surface area contributed by atoms with Gasteiger partial charge in [-0.05, 0) is 40.2 Å². The number of benzene rings is 1. The number of carbonyl (C=O) groups is 2. The summed E-state index contributed by atoms with van der Waals surface area (Å²) in [4.78, 5) is 26.6. The third kappa shape index (κ3) is 4.06. The molecule has 0 radical (unpaired) electrons. The lowest BCUT2D eigenvalue weighted by Gasteiger charge is -2.30. The Morgan fingerprint density at radius 3 is 2.14 bits per heavy atom. The van der Waals surface area contributed by atoms with E-state index in [1.807, 2.05) is 51.1 Å². The van der Waals surface area contributed by atoms with Crippen LogP contribution in [0.5, 0.6) is 0 Å². The molecule has 4 nitrogen and oxygen atoms in total. The van der Waals surface area contributed by atoms with Crippen molar-refractivity contribution in [3.8, 4) is 0 Å². The number of nitrogens with zero attached hydrogens (tertiary/aromatic N) is 1. The zero-order chi connectivity index (χ0) is 16.0. The van der Waals surface area contributed by atoms with Gasteiger partial charge in [0.15, 0.2) is 0 Å². The molecule has 1 rings (SSSR count). The lowest BCUT2D eigenvalue weighted by molar-refractivity contribution is -0.148. The number of hydrogen-bond donors (Lipinski definition) is 1. The fourth-order valence-electron chi connectivity index (χ4n) is 2.21. The van der Waals surface area contributed by atoms with Crippen molar-refractivity contribution in [2.45, 2.75) is 40.7 Å². The highest BCUT2D eigenvalue weighted by Crippen LogP contribution is 2.21. The number of amides is 2. The first-order valence-electron chi connectivity index (χ1n) is 7.49. The van der Waals surface area contributed by atoms with Gasteiger partial charge in [0.1, 0.15) is 5.41 Å². The molecule has 0 aromatic heterocycles. The van der Waals surface area contributed by atoms with Gasteiger partial charge in [0.25, 0.3) is 0 Å². The lowest BCUT2D eigenvalue weighted by atomic mass is 9.89. The molecule has 1 atom stereocenters. The highest BCUT2D eigenvalue weighted by atomic mass is 16.2. The summed E-state index contributed by atoms with van der Waals surface area (Å²) in [6.07, 6.45) is 0. The van der Waals surface area contributed by atoms with Crippen molar-refractivity contribution in [2.24, 2.45) is 5.41 Å². The van der Waals surface area contributed by atoms with Crippen LogP contribution in [-0.2, 0) is 9.59 Å². The fraction of sp³-hybridized carbons (Fsp3) is 0.529. The van der Waals surface area contributed by atoms with Crippen molar-refractivity contribution in [1.29, 1.82) is 0 Å². The first kappa shape index (κ1) is 17.2. The van der Waals surface area contributed by atoms with E-state index in [-0.39, 0.29) is 17.9 Å². The number of carbonyl (C=O) groups excluding carboxylic acids is 2. The van der Waals surface area contributed by atoms with E-state index in [9.17, 15) is 9.59 Å². The molecule has 21 heavy (non-hydrogen) atoms. The van der Waals surface area contributed by atoms with Crippen LogP contribution in [0.25, 0.3) is 0 Å². The van der Waals surface area contributed by atoms with Crippen molar-refractivity contribution >= 4 is 11.8 Å². The second-order valence-electron chi connectivity index (χ2n) is 5.71. The summed E-state index contributed by atoms with van der Waals surface area (Å²) in [6.45, 7) is 10.3. The van der Waals surface area contributed by atoms with Crippen LogP contribution < -0.4 is 5.32 Å². The van der Waals surface area contributed by atoms with Crippen molar-refractivity contribution in [1.82, 2.24) is 10.2 Å². The largest absolute Gasteiger partial charge is 0.349 e. The van der Waals surface area contributed by atoms with Crippen LogP contribution in [0, 0.1) is 5.41 Å². The van der Waals surface area contributed by atoms with Crippen LogP contribution in [0.3, 0.4) is 0 Å². The maximum absolute atomic E-state index is 12.5. The van der Waals surface area contributed by atoms with Crippen molar-refractivity contribution < 1.29 is 9.59 Å². The molecule has 0 fully saturated rings. The molecule has 4 heteroatoms. The monoisotopic (exact) mass is 290 g/mol. The molecule has 1 aromatic carbocycles. The first-order chi connectivity index (χ1) is 9.84. The molecule has 116 valence electrons. The Hall–Kier alpha value is -1.84. The average molecular weight is 290 g/mol. The van der Waals surface area contributed by atoms with Gasteiger partial charge in [-0.25, -0.2) is 0 Å². The Morgan fingerprint density at radius 2 is 1.67 bits per heavy atom. The second-order valence-corrected chi connectivity index (χ2v) is 5.71. The van der Waals surface area contributed by atoms with E-state index >= 15 is 0 Å². The normalized spacial score (nSPS) is 12.6. The third-order valence-corrected chi connectivity index (χ3v) is 3.80. The van der Waals surface area contributed by atoms with Gasteiger partial charge < -0.3 is 10.2 Å². The molecule has 0 bridgehead atoms. The number of nitrogens with one attached hydrogen (secondary N) is 1. The Kier molecular flexibility index (Phi) is 5.94. The first-order valence-corrected chi connectivity index (χ1v) is 7.49. The zero-order valence-electron chi connectivity index (χ0n) is 13.6. The molecule has 0 aliphatic rings. The minimum absolute atomic E-state index is 0.123. The van der Waals surface area contributed by atoms with Gasteiger partial charge in [-0.15, -0.1) is 0 Å². The Bertz CT molecular complexity index is 479. The van der Waals surface area contributed by atoms with Gasteiger partial charge >= 0.3 is 0 Å². The molecule has 0 heterocycles. The minimum Gasteiger partial charge on any atom is -0.349 e. The van der Waals surface area contributed by atoms with E-state index in [2.05, 4.69) is 5.32 Å². The van der Waals surface area contributed by atoms with E-state index in [0.717, 1.165) is 5.56 Å². The highest BCUT2D eigenvalue weighted by molar-refractivity contribution is 6.04. The average Bonchev–Trinajstić information content (AvgIpc) is 2.49. The zero-order valence-corrected chi connectivity index (χ0v) is 13.6. The summed E-state index contributed by atoms with van der Waals surface area (Å²) >= 11 is 0. The summed E-state index contributed by atoms with van der Waals surface area (Å²) in [5.74, 6) is -0.374. The molecule has 2 amide bonds. The van der Waals surface area contributed by atoms with Crippen molar-refractivity contribution in [2.75, 3.05) is 13.1 Å². The van der Waals surface area contributed by atoms with Gasteiger partial charge in [-0.1, -0.05) is 30.3 Å². The summed E-state index contributed by atoms with van der Waals surface area (Å²) in [5, 5.41) is 2.93. The third-order valence-electron chi connectivity index (χ3n) is 3.80. The SMILES string of the molecule is CCN(CC)C(=O)C(C)(C)C(=O)NC(C)c1ccccc1. The van der Waals surface area contributed by atoms with E-state index in [1.54, 1.807) is 18.7 Å². The molecule has 1 aromatic rings. The predicted molar refractivity (Wildman–Crippen MR) is 84.7 cm³/mol. The minimum atomic E-state index is -1.06. The maximum atomic E-state index is 12.5. The van der Waals surface area contributed by atoms with Gasteiger partial charge in [0.05, 0.1) is 6.04 Å². The number of rotatable bonds is 6. The van der Waals surface area contributed by atoms with Crippen LogP contribution >= 0.6 is 0 Å². The summed E-state index contributed by atoms with van der Waals surface area (Å²) in [6, 6.07) is 9.61. The van der Waals surface area contributed by atoms with Gasteiger partial charge in [-0.3, -0.25) is 9.59 Å². The Balaban J connectivity index is 2.80. The Morgan fingerprint density at radius 1 is 1.14 bits per heavy atom. The van der Waals surface area contributed by atoms with Gasteiger partial charge in [-0.2, -0.15) is 0 Å². The highest BCUT2D eigenvalue weighted by Gasteiger charge is 2.38. The molecule has 0 aliphatic carbocycles. The van der Waals surface area contributed by atoms with Crippen LogP contribution in [0.2, 0.25) is 0 Å². The van der Waals surface area contributed by atoms with Crippen LogP contribution in [0.15, 0.2) is 30.3 Å². The quantitative estimate of drug-likeness (QED) is 0.819. The van der Waals surface area contributed by atoms with Crippen LogP contribution in [0.4, 0.5) is 0 Å². The summed E-state index contributed by atoms with van der Waals surface area (Å²) in [7, 11) is 0. The summed E-state index contributed by atoms with van der Waals surface area (Å²) in [5.41, 5.74) is -0.0355. The second kappa shape index (κ2) is 7.25. The van der Waals surface area contributed by atoms with Crippen LogP contribution in [0.1, 0.15) is 46.2 Å². The molecule has 0 aliphatic heterocycles. The van der Waals surface area contributed by atoms with Crippen molar-refractivity contribution in [3.05, 3.63) is 35.9 Å². The standard InChI is InChI=1S/C17H26N2O2/c1-6-19(7-2)16(21)17(4,5)15(20)18-13(3)14-11-9-8-10-12-14/h8-13H,6-7H2,1-5H3,(H,18,20). The summed E-state index contributed by atoms with van der Waals surface area (Å²) < 4.78 is 0. The molecule has 1 N–H and O–H groups in total. The molecule has 1 unspecified atom stereocenters. The van der Waals surface area contributed by atoms with E-state index in [4.69, 9.17) is 0 Å². The van der Waals surface area contributed by atoms with Crippen molar-refractivity contribution in [3.63, 3.8) is 0 Å². The van der Waals surface area contributed by atoms with Gasteiger partial charge in [0.2, 0.25) is 11.8 Å². The molecular weight excluding hydrogens is 264 g/mol. The molecule has 0 saturated carbocycles. The van der Waals surface area contributed by atoms with E-state index < -0.39 is 5.41 Å². The fourth-order valence-corrected chi connectivity index (χ4v) is 2.21. The van der Waals surface area contributed by atoms with Crippen LogP contribution in [-0.4, -0.2) is 29.8 Å². The molecular formula is C17H26N2O2. The maximum Gasteiger partial charge on any atom is 0.237 e. The molecule has 0 spiro atoms. The van der Waals surface area contributed by atoms with E-state index in [0.29, 0.717) is 13.1 Å².